The minimum absolute atomic E-state index is 0.0675. The number of pyridine rings is 1. The molecule has 0 spiro atoms. The van der Waals surface area contributed by atoms with Gasteiger partial charge in [0, 0.05) is 39.3 Å². The van der Waals surface area contributed by atoms with E-state index in [1.54, 1.807) is 32.4 Å². The molecule has 2 amide bonds. The van der Waals surface area contributed by atoms with Crippen molar-refractivity contribution in [3.63, 3.8) is 0 Å². The summed E-state index contributed by atoms with van der Waals surface area (Å²) in [5, 5.41) is 6.03. The van der Waals surface area contributed by atoms with Crippen molar-refractivity contribution in [1.29, 1.82) is 0 Å². The predicted octanol–water partition coefficient (Wildman–Crippen LogP) is 0.474. The molecule has 0 radical (unpaired) electrons. The Morgan fingerprint density at radius 1 is 1.53 bits per heavy atom. The molecule has 0 saturated carbocycles. The summed E-state index contributed by atoms with van der Waals surface area (Å²) >= 11 is 0. The Hall–Kier alpha value is -2.11. The maximum Gasteiger partial charge on any atom is 0.254 e. The second-order valence-corrected chi connectivity index (χ2v) is 4.82. The Morgan fingerprint density at radius 2 is 2.32 bits per heavy atom. The lowest BCUT2D eigenvalue weighted by molar-refractivity contribution is -0.119. The molecule has 0 bridgehead atoms. The van der Waals surface area contributed by atoms with Crippen LogP contribution in [0.3, 0.4) is 0 Å². The number of rotatable bonds is 4. The van der Waals surface area contributed by atoms with Gasteiger partial charge in [0.05, 0.1) is 5.56 Å². The van der Waals surface area contributed by atoms with Crippen molar-refractivity contribution in [3.8, 4) is 0 Å². The molecule has 1 fully saturated rings. The topological polar surface area (TPSA) is 74.3 Å². The van der Waals surface area contributed by atoms with Crippen molar-refractivity contribution in [2.45, 2.75) is 18.9 Å². The first kappa shape index (κ1) is 13.3. The van der Waals surface area contributed by atoms with Gasteiger partial charge in [-0.2, -0.15) is 0 Å². The largest absolute Gasteiger partial charge is 0.368 e. The molecule has 0 aliphatic carbocycles. The molecule has 2 rings (SSSR count). The zero-order chi connectivity index (χ0) is 13.8. The first-order valence-electron chi connectivity index (χ1n) is 6.27. The average molecular weight is 262 g/mol. The summed E-state index contributed by atoms with van der Waals surface area (Å²) in [5.41, 5.74) is 0.560. The Labute approximate surface area is 112 Å². The van der Waals surface area contributed by atoms with E-state index in [0.29, 0.717) is 24.3 Å². The highest BCUT2D eigenvalue weighted by Gasteiger charge is 2.20. The van der Waals surface area contributed by atoms with Crippen LogP contribution < -0.4 is 10.6 Å². The van der Waals surface area contributed by atoms with Crippen molar-refractivity contribution in [2.75, 3.05) is 26.0 Å². The third kappa shape index (κ3) is 3.43. The molecule has 2 N–H and O–H groups in total. The van der Waals surface area contributed by atoms with Crippen LogP contribution in [-0.4, -0.2) is 48.4 Å². The van der Waals surface area contributed by atoms with Gasteiger partial charge in [-0.1, -0.05) is 0 Å². The molecule has 1 aliphatic rings. The van der Waals surface area contributed by atoms with E-state index >= 15 is 0 Å². The van der Waals surface area contributed by atoms with E-state index in [1.807, 2.05) is 0 Å². The standard InChI is InChI=1S/C13H18N4O2/c1-17(2)13(19)9-3-5-11(14-7-9)15-8-10-4-6-12(18)16-10/h3,5,7,10H,4,6,8H2,1-2H3,(H,14,15)(H,16,18). The average Bonchev–Trinajstić information content (AvgIpc) is 2.82. The second-order valence-electron chi connectivity index (χ2n) is 4.82. The van der Waals surface area contributed by atoms with Crippen molar-refractivity contribution in [1.82, 2.24) is 15.2 Å². The first-order valence-corrected chi connectivity index (χ1v) is 6.27. The molecule has 1 atom stereocenters. The number of anilines is 1. The Bertz CT molecular complexity index is 470. The highest BCUT2D eigenvalue weighted by molar-refractivity contribution is 5.93. The third-order valence-electron chi connectivity index (χ3n) is 3.03. The van der Waals surface area contributed by atoms with Gasteiger partial charge in [-0.25, -0.2) is 4.98 Å². The minimum atomic E-state index is -0.0675. The van der Waals surface area contributed by atoms with Crippen LogP contribution in [0.2, 0.25) is 0 Å². The molecule has 19 heavy (non-hydrogen) atoms. The fourth-order valence-corrected chi connectivity index (χ4v) is 1.94. The molecule has 102 valence electrons. The van der Waals surface area contributed by atoms with E-state index in [4.69, 9.17) is 0 Å². The van der Waals surface area contributed by atoms with E-state index in [0.717, 1.165) is 6.42 Å². The predicted molar refractivity (Wildman–Crippen MR) is 71.9 cm³/mol. The maximum absolute atomic E-state index is 11.7. The van der Waals surface area contributed by atoms with E-state index < -0.39 is 0 Å². The number of aromatic nitrogens is 1. The van der Waals surface area contributed by atoms with Gasteiger partial charge in [0.25, 0.3) is 5.91 Å². The van der Waals surface area contributed by atoms with E-state index in [2.05, 4.69) is 15.6 Å². The van der Waals surface area contributed by atoms with Crippen LogP contribution in [0.25, 0.3) is 0 Å². The lowest BCUT2D eigenvalue weighted by Gasteiger charge is -2.13. The molecule has 1 saturated heterocycles. The molecule has 1 aromatic rings. The van der Waals surface area contributed by atoms with E-state index in [1.165, 1.54) is 4.90 Å². The summed E-state index contributed by atoms with van der Waals surface area (Å²) < 4.78 is 0. The molecule has 6 heteroatoms. The lowest BCUT2D eigenvalue weighted by Crippen LogP contribution is -2.32. The molecule has 6 nitrogen and oxygen atoms in total. The van der Waals surface area contributed by atoms with Gasteiger partial charge in [0.2, 0.25) is 5.91 Å². The third-order valence-corrected chi connectivity index (χ3v) is 3.03. The van der Waals surface area contributed by atoms with Crippen molar-refractivity contribution >= 4 is 17.6 Å². The number of carbonyl (C=O) groups excluding carboxylic acids is 2. The first-order chi connectivity index (χ1) is 9.06. The number of carbonyl (C=O) groups is 2. The highest BCUT2D eigenvalue weighted by atomic mass is 16.2. The van der Waals surface area contributed by atoms with Gasteiger partial charge >= 0.3 is 0 Å². The molecule has 2 heterocycles. The SMILES string of the molecule is CN(C)C(=O)c1ccc(NCC2CCC(=O)N2)nc1. The van der Waals surface area contributed by atoms with Crippen molar-refractivity contribution in [2.24, 2.45) is 0 Å². The summed E-state index contributed by atoms with van der Waals surface area (Å²) in [7, 11) is 3.41. The van der Waals surface area contributed by atoms with Gasteiger partial charge < -0.3 is 15.5 Å². The zero-order valence-corrected chi connectivity index (χ0v) is 11.1. The quantitative estimate of drug-likeness (QED) is 0.827. The van der Waals surface area contributed by atoms with Gasteiger partial charge in [0.15, 0.2) is 0 Å². The summed E-state index contributed by atoms with van der Waals surface area (Å²) in [5.74, 6) is 0.741. The van der Waals surface area contributed by atoms with Gasteiger partial charge in [-0.15, -0.1) is 0 Å². The van der Waals surface area contributed by atoms with Gasteiger partial charge in [-0.3, -0.25) is 9.59 Å². The molecular weight excluding hydrogens is 244 g/mol. The lowest BCUT2D eigenvalue weighted by atomic mass is 10.2. The van der Waals surface area contributed by atoms with E-state index in [-0.39, 0.29) is 17.9 Å². The van der Waals surface area contributed by atoms with Crippen LogP contribution in [0.4, 0.5) is 5.82 Å². The summed E-state index contributed by atoms with van der Waals surface area (Å²) in [6, 6.07) is 3.68. The normalized spacial score (nSPS) is 18.0. The molecule has 1 aromatic heterocycles. The molecule has 1 aliphatic heterocycles. The number of amides is 2. The maximum atomic E-state index is 11.7. The number of hydrogen-bond acceptors (Lipinski definition) is 4. The number of nitrogens with one attached hydrogen (secondary N) is 2. The fourth-order valence-electron chi connectivity index (χ4n) is 1.94. The number of hydrogen-bond donors (Lipinski definition) is 2. The number of nitrogens with zero attached hydrogens (tertiary/aromatic N) is 2. The van der Waals surface area contributed by atoms with Crippen LogP contribution >= 0.6 is 0 Å². The smallest absolute Gasteiger partial charge is 0.254 e. The fraction of sp³-hybridized carbons (Fsp3) is 0.462. The Balaban J connectivity index is 1.88. The van der Waals surface area contributed by atoms with Crippen molar-refractivity contribution in [3.05, 3.63) is 23.9 Å². The van der Waals surface area contributed by atoms with Gasteiger partial charge in [0.1, 0.15) is 5.82 Å². The van der Waals surface area contributed by atoms with Crippen LogP contribution in [-0.2, 0) is 4.79 Å². The molecule has 1 unspecified atom stereocenters. The Kier molecular flexibility index (Phi) is 3.99. The summed E-state index contributed by atoms with van der Waals surface area (Å²) in [6.45, 7) is 0.652. The highest BCUT2D eigenvalue weighted by Crippen LogP contribution is 2.10. The summed E-state index contributed by atoms with van der Waals surface area (Å²) in [6.07, 6.45) is 3.00. The zero-order valence-electron chi connectivity index (χ0n) is 11.1. The van der Waals surface area contributed by atoms with Crippen LogP contribution in [0.5, 0.6) is 0 Å². The van der Waals surface area contributed by atoms with Crippen LogP contribution in [0.1, 0.15) is 23.2 Å². The van der Waals surface area contributed by atoms with Crippen molar-refractivity contribution < 1.29 is 9.59 Å². The van der Waals surface area contributed by atoms with E-state index in [9.17, 15) is 9.59 Å². The molecule has 0 aromatic carbocycles. The second kappa shape index (κ2) is 5.69. The monoisotopic (exact) mass is 262 g/mol. The van der Waals surface area contributed by atoms with Crippen LogP contribution in [0.15, 0.2) is 18.3 Å². The van der Waals surface area contributed by atoms with Gasteiger partial charge in [-0.05, 0) is 18.6 Å². The Morgan fingerprint density at radius 3 is 2.84 bits per heavy atom. The van der Waals surface area contributed by atoms with Crippen LogP contribution in [0, 0.1) is 0 Å². The summed E-state index contributed by atoms with van der Waals surface area (Å²) in [4.78, 5) is 28.4. The minimum Gasteiger partial charge on any atom is -0.368 e. The molecular formula is C13H18N4O2.